The number of ketones is 1. The summed E-state index contributed by atoms with van der Waals surface area (Å²) >= 11 is 0. The maximum Gasteiger partial charge on any atom is 0.151 e. The van der Waals surface area contributed by atoms with Gasteiger partial charge in [-0.1, -0.05) is 6.92 Å². The number of nitrogens with zero attached hydrogens (tertiary/aromatic N) is 4. The number of aromatic nitrogens is 3. The van der Waals surface area contributed by atoms with Gasteiger partial charge in [0, 0.05) is 55.1 Å². The number of benzene rings is 1. The fourth-order valence-electron chi connectivity index (χ4n) is 6.43. The van der Waals surface area contributed by atoms with Crippen molar-refractivity contribution in [3.8, 4) is 11.5 Å². The molecule has 8 heteroatoms. The molecule has 0 aliphatic carbocycles. The van der Waals surface area contributed by atoms with E-state index in [0.717, 1.165) is 73.4 Å². The Labute approximate surface area is 229 Å². The third kappa shape index (κ3) is 5.23. The van der Waals surface area contributed by atoms with Crippen molar-refractivity contribution >= 4 is 27.7 Å². The van der Waals surface area contributed by atoms with Crippen molar-refractivity contribution < 1.29 is 14.3 Å². The summed E-state index contributed by atoms with van der Waals surface area (Å²) in [7, 11) is 1.67. The molecule has 0 saturated carbocycles. The first kappa shape index (κ1) is 25.8. The zero-order valence-corrected chi connectivity index (χ0v) is 22.8. The van der Waals surface area contributed by atoms with Crippen molar-refractivity contribution in [1.29, 1.82) is 0 Å². The molecule has 0 radical (unpaired) electrons. The van der Waals surface area contributed by atoms with Gasteiger partial charge in [-0.3, -0.25) is 9.78 Å². The van der Waals surface area contributed by atoms with Crippen molar-refractivity contribution in [3.63, 3.8) is 0 Å². The molecule has 3 aromatic heterocycles. The molecule has 1 N–H and O–H groups in total. The summed E-state index contributed by atoms with van der Waals surface area (Å²) in [5.41, 5.74) is 3.08. The van der Waals surface area contributed by atoms with Crippen LogP contribution in [0.5, 0.6) is 11.5 Å². The molecule has 0 amide bonds. The summed E-state index contributed by atoms with van der Waals surface area (Å²) in [5.74, 6) is 2.74. The lowest BCUT2D eigenvalue weighted by molar-refractivity contribution is -0.144. The van der Waals surface area contributed by atoms with Crippen molar-refractivity contribution in [2.24, 2.45) is 5.92 Å². The van der Waals surface area contributed by atoms with Crippen molar-refractivity contribution in [2.45, 2.75) is 51.0 Å². The summed E-state index contributed by atoms with van der Waals surface area (Å²) < 4.78 is 11.4. The monoisotopic (exact) mass is 527 g/mol. The Morgan fingerprint density at radius 3 is 2.74 bits per heavy atom. The topological polar surface area (TPSA) is 83.6 Å². The minimum Gasteiger partial charge on any atom is -0.497 e. The van der Waals surface area contributed by atoms with Gasteiger partial charge in [0.1, 0.15) is 17.1 Å². The van der Waals surface area contributed by atoms with Gasteiger partial charge in [-0.05, 0) is 73.6 Å². The minimum atomic E-state index is -0.109. The second-order valence-electron chi connectivity index (χ2n) is 10.8. The molecular weight excluding hydrogens is 490 g/mol. The fraction of sp³-hybridized carbons (Fsp3) is 0.452. The van der Waals surface area contributed by atoms with Crippen LogP contribution in [0.4, 0.5) is 0 Å². The second kappa shape index (κ2) is 11.3. The van der Waals surface area contributed by atoms with Crippen LogP contribution in [-0.4, -0.2) is 70.1 Å². The predicted octanol–water partition coefficient (Wildman–Crippen LogP) is 5.35. The molecule has 39 heavy (non-hydrogen) atoms. The number of hydrogen-bond acceptors (Lipinski definition) is 7. The number of rotatable bonds is 8. The fourth-order valence-corrected chi connectivity index (χ4v) is 6.43. The molecule has 2 fully saturated rings. The van der Waals surface area contributed by atoms with Gasteiger partial charge in [0.05, 0.1) is 31.5 Å². The van der Waals surface area contributed by atoms with E-state index in [1.54, 1.807) is 7.11 Å². The molecule has 204 valence electrons. The number of hydrazine groups is 1. The van der Waals surface area contributed by atoms with Crippen LogP contribution in [-0.2, 0) is 4.79 Å². The van der Waals surface area contributed by atoms with E-state index in [4.69, 9.17) is 9.47 Å². The number of H-pyrrole nitrogens is 1. The molecule has 4 aromatic rings. The van der Waals surface area contributed by atoms with E-state index in [1.807, 2.05) is 49.8 Å². The SMILES string of the molecule is CCC(=O)C1CC(c2ccnc3cnc4[nH]ccc4c23)CCN1N1CCCC(COc2ccc(OC)cc2)C1. The summed E-state index contributed by atoms with van der Waals surface area (Å²) in [6.07, 6.45) is 10.3. The van der Waals surface area contributed by atoms with E-state index >= 15 is 0 Å². The third-order valence-electron chi connectivity index (χ3n) is 8.46. The molecule has 5 heterocycles. The van der Waals surface area contributed by atoms with Crippen LogP contribution < -0.4 is 9.47 Å². The number of piperidine rings is 2. The second-order valence-corrected chi connectivity index (χ2v) is 10.8. The normalized spacial score (nSPS) is 22.8. The Kier molecular flexibility index (Phi) is 7.48. The largest absolute Gasteiger partial charge is 0.497 e. The van der Waals surface area contributed by atoms with E-state index in [-0.39, 0.29) is 6.04 Å². The maximum absolute atomic E-state index is 13.3. The lowest BCUT2D eigenvalue weighted by Gasteiger charge is -2.47. The number of carbonyl (C=O) groups is 1. The molecule has 8 nitrogen and oxygen atoms in total. The summed E-state index contributed by atoms with van der Waals surface area (Å²) in [4.78, 5) is 25.7. The first-order valence-electron chi connectivity index (χ1n) is 14.2. The molecular formula is C31H37N5O3. The minimum absolute atomic E-state index is 0.109. The van der Waals surface area contributed by atoms with Gasteiger partial charge in [0.25, 0.3) is 0 Å². The molecule has 0 bridgehead atoms. The molecule has 0 spiro atoms. The van der Waals surface area contributed by atoms with Crippen LogP contribution >= 0.6 is 0 Å². The number of fused-ring (bicyclic) bond motifs is 3. The number of carbonyl (C=O) groups excluding carboxylic acids is 1. The predicted molar refractivity (Wildman–Crippen MR) is 152 cm³/mol. The number of methoxy groups -OCH3 is 1. The lowest BCUT2D eigenvalue weighted by atomic mass is 9.82. The number of pyridine rings is 2. The molecule has 2 aliphatic heterocycles. The number of aromatic amines is 1. The van der Waals surface area contributed by atoms with Crippen LogP contribution in [0.3, 0.4) is 0 Å². The van der Waals surface area contributed by atoms with Crippen molar-refractivity contribution in [3.05, 3.63) is 60.6 Å². The highest BCUT2D eigenvalue weighted by molar-refractivity contribution is 6.05. The third-order valence-corrected chi connectivity index (χ3v) is 8.46. The van der Waals surface area contributed by atoms with Gasteiger partial charge in [0.2, 0.25) is 0 Å². The molecule has 1 aromatic carbocycles. The Morgan fingerprint density at radius 1 is 1.08 bits per heavy atom. The molecule has 3 atom stereocenters. The van der Waals surface area contributed by atoms with Gasteiger partial charge in [-0.2, -0.15) is 0 Å². The highest BCUT2D eigenvalue weighted by Crippen LogP contribution is 2.39. The lowest BCUT2D eigenvalue weighted by Crippen LogP contribution is -2.58. The smallest absolute Gasteiger partial charge is 0.151 e. The highest BCUT2D eigenvalue weighted by atomic mass is 16.5. The van der Waals surface area contributed by atoms with Crippen LogP contribution in [0.1, 0.15) is 50.5 Å². The number of hydrogen-bond donors (Lipinski definition) is 1. The van der Waals surface area contributed by atoms with Gasteiger partial charge in [-0.25, -0.2) is 15.0 Å². The van der Waals surface area contributed by atoms with E-state index in [9.17, 15) is 4.79 Å². The Morgan fingerprint density at radius 2 is 1.92 bits per heavy atom. The number of Topliss-reactive ketones (excluding diaryl/α,β-unsaturated/α-hetero) is 1. The first-order chi connectivity index (χ1) is 19.1. The van der Waals surface area contributed by atoms with Gasteiger partial charge in [-0.15, -0.1) is 0 Å². The Bertz CT molecular complexity index is 1440. The number of ether oxygens (including phenoxy) is 2. The highest BCUT2D eigenvalue weighted by Gasteiger charge is 2.38. The van der Waals surface area contributed by atoms with Crippen LogP contribution in [0.25, 0.3) is 21.9 Å². The standard InChI is InChI=1S/C31H37N5O3/c1-3-29(37)28-17-22(25-10-13-32-27-18-34-31-26(30(25)27)11-14-33-31)12-16-36(28)35-15-4-5-21(19-35)20-39-24-8-6-23(38-2)7-9-24/h6-11,13-14,18,21-22,28H,3-5,12,15-17,19-20H2,1-2H3,(H,33,34). The quantitative estimate of drug-likeness (QED) is 0.331. The summed E-state index contributed by atoms with van der Waals surface area (Å²) in [5, 5.41) is 7.10. The average Bonchev–Trinajstić information content (AvgIpc) is 3.49. The summed E-state index contributed by atoms with van der Waals surface area (Å²) in [6, 6.07) is 11.9. The molecule has 3 unspecified atom stereocenters. The molecule has 2 saturated heterocycles. The Hall–Kier alpha value is -3.49. The summed E-state index contributed by atoms with van der Waals surface area (Å²) in [6.45, 7) is 5.45. The number of nitrogens with one attached hydrogen (secondary N) is 1. The van der Waals surface area contributed by atoms with E-state index < -0.39 is 0 Å². The van der Waals surface area contributed by atoms with E-state index in [1.165, 1.54) is 10.9 Å². The average molecular weight is 528 g/mol. The zero-order valence-electron chi connectivity index (χ0n) is 22.8. The molecule has 6 rings (SSSR count). The Balaban J connectivity index is 1.18. The first-order valence-corrected chi connectivity index (χ1v) is 14.2. The van der Waals surface area contributed by atoms with E-state index in [2.05, 4.69) is 37.1 Å². The van der Waals surface area contributed by atoms with Gasteiger partial charge >= 0.3 is 0 Å². The van der Waals surface area contributed by atoms with Crippen LogP contribution in [0.15, 0.2) is 55.0 Å². The van der Waals surface area contributed by atoms with Crippen molar-refractivity contribution in [1.82, 2.24) is 25.0 Å². The van der Waals surface area contributed by atoms with E-state index in [0.29, 0.717) is 30.6 Å². The van der Waals surface area contributed by atoms with Crippen LogP contribution in [0, 0.1) is 5.92 Å². The zero-order chi connectivity index (χ0) is 26.8. The van der Waals surface area contributed by atoms with Gasteiger partial charge in [0.15, 0.2) is 5.78 Å². The van der Waals surface area contributed by atoms with Crippen molar-refractivity contribution in [2.75, 3.05) is 33.4 Å². The van der Waals surface area contributed by atoms with Gasteiger partial charge < -0.3 is 14.5 Å². The molecule has 2 aliphatic rings. The maximum atomic E-state index is 13.3. The van der Waals surface area contributed by atoms with Crippen LogP contribution in [0.2, 0.25) is 0 Å².